The van der Waals surface area contributed by atoms with Crippen molar-refractivity contribution in [1.82, 2.24) is 14.9 Å². The van der Waals surface area contributed by atoms with Crippen LogP contribution in [0.4, 0.5) is 5.82 Å². The van der Waals surface area contributed by atoms with Gasteiger partial charge in [0, 0.05) is 44.6 Å². The molecular weight excluding hydrogens is 254 g/mol. The maximum absolute atomic E-state index is 9.16. The van der Waals surface area contributed by atoms with Crippen LogP contribution in [0.25, 0.3) is 0 Å². The van der Waals surface area contributed by atoms with Gasteiger partial charge in [-0.25, -0.2) is 9.97 Å². The Morgan fingerprint density at radius 1 is 1.20 bits per heavy atom. The minimum absolute atomic E-state index is 0.426. The summed E-state index contributed by atoms with van der Waals surface area (Å²) in [5.74, 6) is 0.730. The van der Waals surface area contributed by atoms with Gasteiger partial charge < -0.3 is 9.64 Å². The van der Waals surface area contributed by atoms with Gasteiger partial charge in [-0.3, -0.25) is 4.90 Å². The maximum Gasteiger partial charge on any atom is 0.183 e. The molecule has 0 aliphatic carbocycles. The van der Waals surface area contributed by atoms with E-state index in [1.165, 1.54) is 6.42 Å². The van der Waals surface area contributed by atoms with Crippen LogP contribution in [-0.4, -0.2) is 60.3 Å². The van der Waals surface area contributed by atoms with Gasteiger partial charge in [0.05, 0.1) is 13.2 Å². The Balaban J connectivity index is 1.73. The Labute approximate surface area is 119 Å². The minimum atomic E-state index is 0.426. The van der Waals surface area contributed by atoms with Crippen LogP contribution in [0.5, 0.6) is 0 Å². The lowest BCUT2D eigenvalue weighted by atomic mass is 10.0. The van der Waals surface area contributed by atoms with Crippen LogP contribution in [0.2, 0.25) is 0 Å². The summed E-state index contributed by atoms with van der Waals surface area (Å²) >= 11 is 0. The molecular formula is C14H19N5O. The molecule has 20 heavy (non-hydrogen) atoms. The van der Waals surface area contributed by atoms with Crippen LogP contribution in [-0.2, 0) is 4.74 Å². The first-order valence-corrected chi connectivity index (χ1v) is 7.16. The third kappa shape index (κ3) is 2.74. The SMILES string of the molecule is N#Cc1nccnc1N1CCCC(N2CCOCC2)C1. The largest absolute Gasteiger partial charge is 0.379 e. The highest BCUT2D eigenvalue weighted by atomic mass is 16.5. The van der Waals surface area contributed by atoms with Crippen molar-refractivity contribution in [2.75, 3.05) is 44.3 Å². The third-order valence-electron chi connectivity index (χ3n) is 4.04. The number of rotatable bonds is 2. The molecule has 0 amide bonds. The number of morpholine rings is 1. The minimum Gasteiger partial charge on any atom is -0.379 e. The van der Waals surface area contributed by atoms with Crippen molar-refractivity contribution in [3.63, 3.8) is 0 Å². The summed E-state index contributed by atoms with van der Waals surface area (Å²) in [6.45, 7) is 5.53. The number of hydrogen-bond acceptors (Lipinski definition) is 6. The van der Waals surface area contributed by atoms with Gasteiger partial charge in [0.1, 0.15) is 6.07 Å². The van der Waals surface area contributed by atoms with Crippen molar-refractivity contribution in [3.8, 4) is 6.07 Å². The van der Waals surface area contributed by atoms with Crippen molar-refractivity contribution in [3.05, 3.63) is 18.1 Å². The van der Waals surface area contributed by atoms with Crippen LogP contribution >= 0.6 is 0 Å². The zero-order chi connectivity index (χ0) is 13.8. The molecule has 0 bridgehead atoms. The summed E-state index contributed by atoms with van der Waals surface area (Å²) in [5, 5.41) is 9.16. The second kappa shape index (κ2) is 6.16. The lowest BCUT2D eigenvalue weighted by Gasteiger charge is -2.41. The van der Waals surface area contributed by atoms with Gasteiger partial charge in [0.2, 0.25) is 0 Å². The summed E-state index contributed by atoms with van der Waals surface area (Å²) < 4.78 is 5.42. The van der Waals surface area contributed by atoms with E-state index < -0.39 is 0 Å². The average Bonchev–Trinajstić information content (AvgIpc) is 2.56. The van der Waals surface area contributed by atoms with E-state index in [4.69, 9.17) is 10.00 Å². The first-order chi connectivity index (χ1) is 9.88. The van der Waals surface area contributed by atoms with E-state index in [0.717, 1.165) is 51.6 Å². The molecule has 1 atom stereocenters. The zero-order valence-corrected chi connectivity index (χ0v) is 11.5. The first kappa shape index (κ1) is 13.3. The average molecular weight is 273 g/mol. The van der Waals surface area contributed by atoms with Crippen molar-refractivity contribution in [1.29, 1.82) is 5.26 Å². The second-order valence-electron chi connectivity index (χ2n) is 5.23. The Hall–Kier alpha value is -1.71. The first-order valence-electron chi connectivity index (χ1n) is 7.16. The van der Waals surface area contributed by atoms with E-state index in [9.17, 15) is 0 Å². The van der Waals surface area contributed by atoms with E-state index in [-0.39, 0.29) is 0 Å². The van der Waals surface area contributed by atoms with E-state index >= 15 is 0 Å². The number of nitrogens with zero attached hydrogens (tertiary/aromatic N) is 5. The normalized spacial score (nSPS) is 24.4. The van der Waals surface area contributed by atoms with Gasteiger partial charge in [0.15, 0.2) is 11.5 Å². The molecule has 1 unspecified atom stereocenters. The molecule has 2 saturated heterocycles. The fourth-order valence-electron chi connectivity index (χ4n) is 3.03. The molecule has 1 aromatic rings. The number of anilines is 1. The zero-order valence-electron chi connectivity index (χ0n) is 11.5. The van der Waals surface area contributed by atoms with Crippen LogP contribution < -0.4 is 4.90 Å². The van der Waals surface area contributed by atoms with Crippen LogP contribution in [0, 0.1) is 11.3 Å². The molecule has 3 rings (SSSR count). The molecule has 6 nitrogen and oxygen atoms in total. The molecule has 1 aromatic heterocycles. The molecule has 0 radical (unpaired) electrons. The van der Waals surface area contributed by atoms with Gasteiger partial charge in [-0.1, -0.05) is 0 Å². The van der Waals surface area contributed by atoms with Gasteiger partial charge in [-0.05, 0) is 12.8 Å². The lowest BCUT2D eigenvalue weighted by molar-refractivity contribution is 0.0137. The summed E-state index contributed by atoms with van der Waals surface area (Å²) in [6.07, 6.45) is 5.57. The summed E-state index contributed by atoms with van der Waals surface area (Å²) in [7, 11) is 0. The molecule has 2 aliphatic heterocycles. The Bertz CT molecular complexity index is 495. The number of hydrogen-bond donors (Lipinski definition) is 0. The van der Waals surface area contributed by atoms with Crippen LogP contribution in [0.3, 0.4) is 0 Å². The van der Waals surface area contributed by atoms with Crippen LogP contribution in [0.1, 0.15) is 18.5 Å². The van der Waals surface area contributed by atoms with Crippen molar-refractivity contribution in [2.45, 2.75) is 18.9 Å². The number of ether oxygens (including phenoxy) is 1. The summed E-state index contributed by atoms with van der Waals surface area (Å²) in [4.78, 5) is 13.2. The molecule has 0 aromatic carbocycles. The van der Waals surface area contributed by atoms with E-state index in [1.54, 1.807) is 12.4 Å². The van der Waals surface area contributed by atoms with Crippen LogP contribution in [0.15, 0.2) is 12.4 Å². The van der Waals surface area contributed by atoms with Crippen molar-refractivity contribution >= 4 is 5.82 Å². The second-order valence-corrected chi connectivity index (χ2v) is 5.23. The summed E-state index contributed by atoms with van der Waals surface area (Å²) in [5.41, 5.74) is 0.426. The number of aromatic nitrogens is 2. The van der Waals surface area contributed by atoms with Gasteiger partial charge in [-0.15, -0.1) is 0 Å². The predicted molar refractivity (Wildman–Crippen MR) is 74.4 cm³/mol. The van der Waals surface area contributed by atoms with Crippen molar-refractivity contribution in [2.24, 2.45) is 0 Å². The Kier molecular flexibility index (Phi) is 4.09. The molecule has 2 aliphatic rings. The molecule has 0 spiro atoms. The highest BCUT2D eigenvalue weighted by Gasteiger charge is 2.28. The summed E-state index contributed by atoms with van der Waals surface area (Å²) in [6, 6.07) is 2.67. The predicted octanol–water partition coefficient (Wildman–Crippen LogP) is 0.649. The number of nitriles is 1. The van der Waals surface area contributed by atoms with Gasteiger partial charge >= 0.3 is 0 Å². The Morgan fingerprint density at radius 3 is 2.80 bits per heavy atom. The molecule has 3 heterocycles. The quantitative estimate of drug-likeness (QED) is 0.788. The monoisotopic (exact) mass is 273 g/mol. The topological polar surface area (TPSA) is 65.3 Å². The molecule has 6 heteroatoms. The van der Waals surface area contributed by atoms with E-state index in [0.29, 0.717) is 11.7 Å². The molecule has 0 N–H and O–H groups in total. The third-order valence-corrected chi connectivity index (χ3v) is 4.04. The highest BCUT2D eigenvalue weighted by molar-refractivity contribution is 5.49. The lowest BCUT2D eigenvalue weighted by Crippen LogP contribution is -2.52. The molecule has 0 saturated carbocycles. The van der Waals surface area contributed by atoms with Gasteiger partial charge in [0.25, 0.3) is 0 Å². The van der Waals surface area contributed by atoms with Gasteiger partial charge in [-0.2, -0.15) is 5.26 Å². The highest BCUT2D eigenvalue weighted by Crippen LogP contribution is 2.23. The van der Waals surface area contributed by atoms with E-state index in [1.807, 2.05) is 0 Å². The smallest absolute Gasteiger partial charge is 0.183 e. The molecule has 106 valence electrons. The number of piperidine rings is 1. The standard InChI is InChI=1S/C14H19N5O/c15-10-13-14(17-4-3-16-13)19-5-1-2-12(11-19)18-6-8-20-9-7-18/h3-4,12H,1-2,5-9,11H2. The van der Waals surface area contributed by atoms with E-state index in [2.05, 4.69) is 25.8 Å². The molecule has 2 fully saturated rings. The fourth-order valence-corrected chi connectivity index (χ4v) is 3.03. The maximum atomic E-state index is 9.16. The fraction of sp³-hybridized carbons (Fsp3) is 0.643. The van der Waals surface area contributed by atoms with Crippen molar-refractivity contribution < 1.29 is 4.74 Å². The Morgan fingerprint density at radius 2 is 2.00 bits per heavy atom.